The number of benzene rings is 2. The maximum absolute atomic E-state index is 12.2. The molecule has 27 heavy (non-hydrogen) atoms. The second-order valence-corrected chi connectivity index (χ2v) is 7.78. The van der Waals surface area contributed by atoms with Gasteiger partial charge in [0.05, 0.1) is 33.9 Å². The van der Waals surface area contributed by atoms with Gasteiger partial charge in [0.2, 0.25) is 5.95 Å². The Labute approximate surface area is 165 Å². The van der Waals surface area contributed by atoms with Crippen LogP contribution in [-0.2, 0) is 11.2 Å². The summed E-state index contributed by atoms with van der Waals surface area (Å²) in [6, 6.07) is 6.91. The third kappa shape index (κ3) is 3.09. The Hall–Kier alpha value is -2.44. The number of imidazole rings is 1. The zero-order chi connectivity index (χ0) is 19.3. The van der Waals surface area contributed by atoms with E-state index in [2.05, 4.69) is 15.3 Å². The van der Waals surface area contributed by atoms with E-state index in [-0.39, 0.29) is 0 Å². The van der Waals surface area contributed by atoms with Crippen LogP contribution in [-0.4, -0.2) is 28.6 Å². The number of para-hydroxylation sites is 1. The molecule has 0 bridgehead atoms. The first-order chi connectivity index (χ1) is 12.8. The predicted molar refractivity (Wildman–Crippen MR) is 106 cm³/mol. The fourth-order valence-electron chi connectivity index (χ4n) is 3.28. The van der Waals surface area contributed by atoms with Crippen LogP contribution in [0.25, 0.3) is 11.0 Å². The summed E-state index contributed by atoms with van der Waals surface area (Å²) in [6.07, 6.45) is 0.637. The van der Waals surface area contributed by atoms with E-state index in [1.165, 1.54) is 7.11 Å². The van der Waals surface area contributed by atoms with Crippen LogP contribution in [0.5, 0.6) is 5.75 Å². The molecule has 4 rings (SSSR count). The number of hydrogen-bond acceptors (Lipinski definition) is 5. The van der Waals surface area contributed by atoms with Crippen LogP contribution in [0.4, 0.5) is 11.6 Å². The molecule has 0 aliphatic carbocycles. The van der Waals surface area contributed by atoms with E-state index in [9.17, 15) is 4.79 Å². The first kappa shape index (κ1) is 17.9. The highest BCUT2D eigenvalue weighted by atomic mass is 35.5. The van der Waals surface area contributed by atoms with Crippen molar-refractivity contribution in [2.75, 3.05) is 12.4 Å². The normalized spacial score (nSPS) is 14.7. The van der Waals surface area contributed by atoms with Crippen molar-refractivity contribution in [1.29, 1.82) is 0 Å². The van der Waals surface area contributed by atoms with E-state index in [0.717, 1.165) is 11.1 Å². The molecule has 1 aliphatic rings. The van der Waals surface area contributed by atoms with Gasteiger partial charge in [-0.1, -0.05) is 29.3 Å². The van der Waals surface area contributed by atoms with Gasteiger partial charge in [0, 0.05) is 12.0 Å². The number of halogens is 2. The van der Waals surface area contributed by atoms with Gasteiger partial charge in [-0.3, -0.25) is 0 Å². The van der Waals surface area contributed by atoms with Crippen molar-refractivity contribution in [1.82, 2.24) is 9.97 Å². The van der Waals surface area contributed by atoms with E-state index in [1.54, 1.807) is 24.3 Å². The van der Waals surface area contributed by atoms with Crippen LogP contribution in [0, 0.1) is 0 Å². The molecular weight excluding hydrogens is 389 g/mol. The Balaban J connectivity index is 1.85. The van der Waals surface area contributed by atoms with Gasteiger partial charge in [0.15, 0.2) is 0 Å². The van der Waals surface area contributed by atoms with Gasteiger partial charge in [-0.05, 0) is 32.0 Å². The number of rotatable bonds is 3. The average Bonchev–Trinajstić information content (AvgIpc) is 3.15. The Kier molecular flexibility index (Phi) is 4.20. The summed E-state index contributed by atoms with van der Waals surface area (Å²) in [6.45, 7) is 3.94. The minimum atomic E-state index is -0.461. The SMILES string of the molecule is COC(=O)c1cc2nc(Nc3c(Cl)cccc3Cl)[nH]c2c2c1OC(C)(C)C2. The molecule has 1 aliphatic heterocycles. The number of ether oxygens (including phenoxy) is 2. The number of esters is 1. The standard InChI is InChI=1S/C19H17Cl2N3O3/c1-19(2)8-10-14-13(7-9(16(10)27-19)17(25)26-3)22-18(23-14)24-15-11(20)5-4-6-12(15)21/h4-7H,8H2,1-3H3,(H2,22,23,24). The van der Waals surface area contributed by atoms with Crippen LogP contribution < -0.4 is 10.1 Å². The lowest BCUT2D eigenvalue weighted by Crippen LogP contribution is -2.25. The second-order valence-electron chi connectivity index (χ2n) is 6.96. The van der Waals surface area contributed by atoms with E-state index in [4.69, 9.17) is 32.7 Å². The van der Waals surface area contributed by atoms with Gasteiger partial charge in [-0.25, -0.2) is 9.78 Å². The summed E-state index contributed by atoms with van der Waals surface area (Å²) >= 11 is 12.5. The van der Waals surface area contributed by atoms with Gasteiger partial charge < -0.3 is 19.8 Å². The lowest BCUT2D eigenvalue weighted by Gasteiger charge is -2.17. The van der Waals surface area contributed by atoms with Gasteiger partial charge in [-0.2, -0.15) is 0 Å². The molecule has 2 heterocycles. The molecule has 2 aromatic carbocycles. The maximum atomic E-state index is 12.2. The molecule has 0 spiro atoms. The minimum Gasteiger partial charge on any atom is -0.486 e. The number of aromatic amines is 1. The molecule has 0 radical (unpaired) electrons. The molecule has 0 saturated carbocycles. The zero-order valence-corrected chi connectivity index (χ0v) is 16.5. The summed E-state index contributed by atoms with van der Waals surface area (Å²) < 4.78 is 10.9. The first-order valence-corrected chi connectivity index (χ1v) is 9.08. The Bertz CT molecular complexity index is 1060. The van der Waals surface area contributed by atoms with Gasteiger partial charge >= 0.3 is 5.97 Å². The number of aromatic nitrogens is 2. The zero-order valence-electron chi connectivity index (χ0n) is 14.9. The monoisotopic (exact) mass is 405 g/mol. The fraction of sp³-hybridized carbons (Fsp3) is 0.263. The number of fused-ring (bicyclic) bond motifs is 3. The molecule has 0 unspecified atom stereocenters. The number of anilines is 2. The highest BCUT2D eigenvalue weighted by molar-refractivity contribution is 6.39. The van der Waals surface area contributed by atoms with Crippen molar-refractivity contribution >= 4 is 51.8 Å². The molecule has 0 fully saturated rings. The number of carbonyl (C=O) groups excluding carboxylic acids is 1. The van der Waals surface area contributed by atoms with E-state index in [1.807, 2.05) is 13.8 Å². The smallest absolute Gasteiger partial charge is 0.341 e. The Morgan fingerprint density at radius 2 is 2.04 bits per heavy atom. The number of carbonyl (C=O) groups is 1. The summed E-state index contributed by atoms with van der Waals surface area (Å²) in [4.78, 5) is 20.0. The number of H-pyrrole nitrogens is 1. The van der Waals surface area contributed by atoms with Crippen LogP contribution in [0.15, 0.2) is 24.3 Å². The largest absolute Gasteiger partial charge is 0.486 e. The van der Waals surface area contributed by atoms with Crippen molar-refractivity contribution < 1.29 is 14.3 Å². The van der Waals surface area contributed by atoms with Gasteiger partial charge in [0.1, 0.15) is 16.9 Å². The van der Waals surface area contributed by atoms with Crippen LogP contribution in [0.1, 0.15) is 29.8 Å². The summed E-state index contributed by atoms with van der Waals surface area (Å²) in [5.74, 6) is 0.539. The molecule has 140 valence electrons. The number of nitrogens with one attached hydrogen (secondary N) is 2. The Morgan fingerprint density at radius 3 is 2.70 bits per heavy atom. The van der Waals surface area contributed by atoms with Crippen molar-refractivity contribution in [3.05, 3.63) is 45.4 Å². The molecule has 8 heteroatoms. The van der Waals surface area contributed by atoms with Crippen molar-refractivity contribution in [3.63, 3.8) is 0 Å². The number of nitrogens with zero attached hydrogens (tertiary/aromatic N) is 1. The minimum absolute atomic E-state index is 0.361. The fourth-order valence-corrected chi connectivity index (χ4v) is 3.77. The highest BCUT2D eigenvalue weighted by Gasteiger charge is 2.36. The van der Waals surface area contributed by atoms with Crippen molar-refractivity contribution in [3.8, 4) is 5.75 Å². The second kappa shape index (κ2) is 6.32. The summed E-state index contributed by atoms with van der Waals surface area (Å²) in [7, 11) is 1.34. The quantitative estimate of drug-likeness (QED) is 0.591. The lowest BCUT2D eigenvalue weighted by molar-refractivity contribution is 0.0590. The molecule has 6 nitrogen and oxygen atoms in total. The lowest BCUT2D eigenvalue weighted by atomic mass is 9.99. The molecule has 2 N–H and O–H groups in total. The van der Waals surface area contributed by atoms with Gasteiger partial charge in [0.25, 0.3) is 0 Å². The summed E-state index contributed by atoms with van der Waals surface area (Å²) in [5, 5.41) is 4.08. The number of hydrogen-bond donors (Lipinski definition) is 2. The highest BCUT2D eigenvalue weighted by Crippen LogP contribution is 2.42. The third-order valence-corrected chi connectivity index (χ3v) is 5.06. The van der Waals surface area contributed by atoms with Crippen LogP contribution in [0.3, 0.4) is 0 Å². The van der Waals surface area contributed by atoms with Gasteiger partial charge in [-0.15, -0.1) is 0 Å². The van der Waals surface area contributed by atoms with Crippen molar-refractivity contribution in [2.24, 2.45) is 0 Å². The molecule has 1 aromatic heterocycles. The number of methoxy groups -OCH3 is 1. The van der Waals surface area contributed by atoms with Crippen LogP contribution >= 0.6 is 23.2 Å². The average molecular weight is 406 g/mol. The molecule has 3 aromatic rings. The van der Waals surface area contributed by atoms with E-state index >= 15 is 0 Å². The van der Waals surface area contributed by atoms with Crippen molar-refractivity contribution in [2.45, 2.75) is 25.9 Å². The molecule has 0 saturated heterocycles. The molecular formula is C19H17Cl2N3O3. The topological polar surface area (TPSA) is 76.2 Å². The first-order valence-electron chi connectivity index (χ1n) is 8.33. The maximum Gasteiger partial charge on any atom is 0.341 e. The summed E-state index contributed by atoms with van der Waals surface area (Å²) in [5.41, 5.74) is 2.81. The van der Waals surface area contributed by atoms with Crippen LogP contribution in [0.2, 0.25) is 10.0 Å². The predicted octanol–water partition coefficient (Wildman–Crippen LogP) is 5.11. The molecule has 0 atom stereocenters. The van der Waals surface area contributed by atoms with E-state index < -0.39 is 11.6 Å². The Morgan fingerprint density at radius 1 is 1.33 bits per heavy atom. The van der Waals surface area contributed by atoms with E-state index in [0.29, 0.717) is 44.9 Å². The molecule has 0 amide bonds. The third-order valence-electron chi connectivity index (χ3n) is 4.43.